The molecule has 0 bridgehead atoms. The molecule has 1 fully saturated rings. The van der Waals surface area contributed by atoms with Gasteiger partial charge in [-0.2, -0.15) is 0 Å². The van der Waals surface area contributed by atoms with Crippen molar-refractivity contribution in [1.29, 1.82) is 0 Å². The maximum Gasteiger partial charge on any atom is 0.316 e. The maximum atomic E-state index is 12.5. The maximum absolute atomic E-state index is 12.5. The van der Waals surface area contributed by atoms with Crippen molar-refractivity contribution < 1.29 is 27.5 Å². The second-order valence-corrected chi connectivity index (χ2v) is 10.3. The third-order valence-corrected chi connectivity index (χ3v) is 7.37. The van der Waals surface area contributed by atoms with E-state index < -0.39 is 15.4 Å². The predicted octanol–water partition coefficient (Wildman–Crippen LogP) is 3.78. The molecule has 1 aliphatic carbocycles. The second-order valence-electron chi connectivity index (χ2n) is 8.50. The molecule has 0 spiro atoms. The molecule has 0 aliphatic heterocycles. The molecular weight excluding hydrogens is 480 g/mol. The molecule has 36 heavy (non-hydrogen) atoms. The molecule has 0 radical (unpaired) electrons. The number of ether oxygens (including phenoxy) is 2. The van der Waals surface area contributed by atoms with Gasteiger partial charge >= 0.3 is 5.97 Å². The Morgan fingerprint density at radius 1 is 0.917 bits per heavy atom. The fraction of sp³-hybridized carbons (Fsp3) is 0.259. The summed E-state index contributed by atoms with van der Waals surface area (Å²) in [6.45, 7) is 2.08. The van der Waals surface area contributed by atoms with Gasteiger partial charge in [0.1, 0.15) is 5.75 Å². The van der Waals surface area contributed by atoms with Crippen LogP contribution in [0, 0.1) is 0 Å². The van der Waals surface area contributed by atoms with Crippen molar-refractivity contribution in [3.05, 3.63) is 90.0 Å². The number of amides is 1. The van der Waals surface area contributed by atoms with E-state index in [4.69, 9.17) is 9.47 Å². The van der Waals surface area contributed by atoms with Gasteiger partial charge in [0.2, 0.25) is 10.0 Å². The third-order valence-electron chi connectivity index (χ3n) is 5.95. The average Bonchev–Trinajstić information content (AvgIpc) is 3.70. The number of sulfonamides is 1. The Labute approximate surface area is 210 Å². The molecule has 1 saturated carbocycles. The lowest BCUT2D eigenvalue weighted by atomic mass is 9.96. The number of esters is 1. The fourth-order valence-electron chi connectivity index (χ4n) is 3.80. The number of hydrogen-bond donors (Lipinski definition) is 2. The monoisotopic (exact) mass is 508 g/mol. The van der Waals surface area contributed by atoms with Gasteiger partial charge in [0.25, 0.3) is 5.91 Å². The molecule has 0 saturated heterocycles. The van der Waals surface area contributed by atoms with Crippen molar-refractivity contribution in [3.8, 4) is 5.75 Å². The van der Waals surface area contributed by atoms with Gasteiger partial charge in [0, 0.05) is 12.2 Å². The lowest BCUT2D eigenvalue weighted by molar-refractivity contribution is -0.146. The summed E-state index contributed by atoms with van der Waals surface area (Å²) < 4.78 is 38.2. The van der Waals surface area contributed by atoms with Crippen LogP contribution in [-0.4, -0.2) is 33.5 Å². The molecule has 0 atom stereocenters. The second kappa shape index (κ2) is 10.9. The number of carbonyl (C=O) groups excluding carboxylic acids is 2. The van der Waals surface area contributed by atoms with E-state index in [0.29, 0.717) is 18.0 Å². The first kappa shape index (κ1) is 25.4. The number of rotatable bonds is 11. The molecule has 0 aromatic heterocycles. The first-order chi connectivity index (χ1) is 17.3. The van der Waals surface area contributed by atoms with Gasteiger partial charge in [0.05, 0.1) is 16.9 Å². The summed E-state index contributed by atoms with van der Waals surface area (Å²) in [5.74, 6) is -0.205. The van der Waals surface area contributed by atoms with E-state index in [9.17, 15) is 18.0 Å². The molecule has 188 valence electrons. The highest BCUT2D eigenvalue weighted by molar-refractivity contribution is 7.89. The number of carbonyl (C=O) groups is 2. The Hall–Kier alpha value is -3.69. The summed E-state index contributed by atoms with van der Waals surface area (Å²) in [7, 11) is -3.68. The molecule has 3 aromatic carbocycles. The van der Waals surface area contributed by atoms with Crippen molar-refractivity contribution in [1.82, 2.24) is 4.72 Å². The zero-order valence-electron chi connectivity index (χ0n) is 19.9. The van der Waals surface area contributed by atoms with Crippen molar-refractivity contribution >= 4 is 27.6 Å². The molecule has 8 nitrogen and oxygen atoms in total. The molecule has 0 heterocycles. The van der Waals surface area contributed by atoms with E-state index in [1.54, 1.807) is 19.1 Å². The molecule has 2 N–H and O–H groups in total. The van der Waals surface area contributed by atoms with Gasteiger partial charge in [-0.3, -0.25) is 9.59 Å². The molecular formula is C27H28N2O6S. The van der Waals surface area contributed by atoms with Gasteiger partial charge in [0.15, 0.2) is 6.61 Å². The van der Waals surface area contributed by atoms with Crippen LogP contribution in [0.2, 0.25) is 0 Å². The molecule has 3 aromatic rings. The van der Waals surface area contributed by atoms with Crippen LogP contribution in [0.5, 0.6) is 5.75 Å². The molecule has 9 heteroatoms. The van der Waals surface area contributed by atoms with Gasteiger partial charge < -0.3 is 14.8 Å². The van der Waals surface area contributed by atoms with E-state index in [1.807, 2.05) is 42.5 Å². The van der Waals surface area contributed by atoms with E-state index in [-0.39, 0.29) is 29.9 Å². The van der Waals surface area contributed by atoms with Crippen LogP contribution in [0.4, 0.5) is 5.69 Å². The highest BCUT2D eigenvalue weighted by atomic mass is 32.2. The molecule has 1 aliphatic rings. The number of hydrogen-bond acceptors (Lipinski definition) is 6. The molecule has 4 rings (SSSR count). The number of anilines is 1. The summed E-state index contributed by atoms with van der Waals surface area (Å²) in [5, 5.41) is 2.75. The van der Waals surface area contributed by atoms with Crippen LogP contribution in [0.15, 0.2) is 83.8 Å². The van der Waals surface area contributed by atoms with Crippen LogP contribution in [0.1, 0.15) is 30.9 Å². The average molecular weight is 509 g/mol. The van der Waals surface area contributed by atoms with E-state index >= 15 is 0 Å². The van der Waals surface area contributed by atoms with Gasteiger partial charge in [-0.25, -0.2) is 13.1 Å². The van der Waals surface area contributed by atoms with E-state index in [2.05, 4.69) is 10.0 Å². The van der Waals surface area contributed by atoms with Gasteiger partial charge in [-0.1, -0.05) is 42.5 Å². The van der Waals surface area contributed by atoms with Crippen LogP contribution in [-0.2, 0) is 36.3 Å². The Bertz CT molecular complexity index is 1300. The standard InChI is InChI=1S/C27H28N2O6S/c1-2-34-26(31)27(16-17-27)21-8-10-22(11-9-21)29-25(30)19-35-23-12-14-24(15-13-23)36(32,33)28-18-20-6-4-3-5-7-20/h3-15,28H,2,16-19H2,1H3,(H,29,30). The Kier molecular flexibility index (Phi) is 7.71. The van der Waals surface area contributed by atoms with Crippen molar-refractivity contribution in [2.75, 3.05) is 18.5 Å². The lowest BCUT2D eigenvalue weighted by Gasteiger charge is -2.15. The summed E-state index contributed by atoms with van der Waals surface area (Å²) in [6, 6.07) is 22.2. The van der Waals surface area contributed by atoms with Crippen LogP contribution in [0.25, 0.3) is 0 Å². The molecule has 0 unspecified atom stereocenters. The van der Waals surface area contributed by atoms with Crippen LogP contribution >= 0.6 is 0 Å². The largest absolute Gasteiger partial charge is 0.484 e. The predicted molar refractivity (Wildman–Crippen MR) is 135 cm³/mol. The van der Waals surface area contributed by atoms with Crippen molar-refractivity contribution in [2.24, 2.45) is 0 Å². The minimum absolute atomic E-state index is 0.103. The first-order valence-electron chi connectivity index (χ1n) is 11.7. The lowest BCUT2D eigenvalue weighted by Crippen LogP contribution is -2.23. The topological polar surface area (TPSA) is 111 Å². The minimum atomic E-state index is -3.68. The van der Waals surface area contributed by atoms with Crippen LogP contribution in [0.3, 0.4) is 0 Å². The highest BCUT2D eigenvalue weighted by Crippen LogP contribution is 2.49. The zero-order valence-corrected chi connectivity index (χ0v) is 20.7. The minimum Gasteiger partial charge on any atom is -0.484 e. The van der Waals surface area contributed by atoms with E-state index in [1.165, 1.54) is 24.3 Å². The Morgan fingerprint density at radius 3 is 2.19 bits per heavy atom. The fourth-order valence-corrected chi connectivity index (χ4v) is 4.81. The normalized spacial score (nSPS) is 14.0. The summed E-state index contributed by atoms with van der Waals surface area (Å²) in [4.78, 5) is 24.6. The van der Waals surface area contributed by atoms with Gasteiger partial charge in [-0.15, -0.1) is 0 Å². The summed E-state index contributed by atoms with van der Waals surface area (Å²) >= 11 is 0. The third kappa shape index (κ3) is 6.10. The highest BCUT2D eigenvalue weighted by Gasteiger charge is 2.52. The quantitative estimate of drug-likeness (QED) is 0.382. The summed E-state index contributed by atoms with van der Waals surface area (Å²) in [6.07, 6.45) is 1.52. The number of nitrogens with one attached hydrogen (secondary N) is 2. The van der Waals surface area contributed by atoms with Crippen molar-refractivity contribution in [2.45, 2.75) is 36.6 Å². The Morgan fingerprint density at radius 2 is 1.58 bits per heavy atom. The van der Waals surface area contributed by atoms with E-state index in [0.717, 1.165) is 24.0 Å². The van der Waals surface area contributed by atoms with Gasteiger partial charge in [-0.05, 0) is 67.3 Å². The molecule has 1 amide bonds. The smallest absolute Gasteiger partial charge is 0.316 e. The SMILES string of the molecule is CCOC(=O)C1(c2ccc(NC(=O)COc3ccc(S(=O)(=O)NCc4ccccc4)cc3)cc2)CC1. The van der Waals surface area contributed by atoms with Crippen LogP contribution < -0.4 is 14.8 Å². The number of benzene rings is 3. The zero-order chi connectivity index (χ0) is 25.6. The van der Waals surface area contributed by atoms with Crippen molar-refractivity contribution in [3.63, 3.8) is 0 Å². The summed E-state index contributed by atoms with van der Waals surface area (Å²) in [5.41, 5.74) is 1.76. The Balaban J connectivity index is 1.27. The first-order valence-corrected chi connectivity index (χ1v) is 13.1.